The first kappa shape index (κ1) is 39.4. The molecule has 13 nitrogen and oxygen atoms in total. The van der Waals surface area contributed by atoms with Gasteiger partial charge in [-0.05, 0) is 86.8 Å². The number of piperidine rings is 1. The topological polar surface area (TPSA) is 150 Å². The van der Waals surface area contributed by atoms with Crippen LogP contribution in [0.5, 0.6) is 11.5 Å². The number of halogens is 1. The fourth-order valence-electron chi connectivity index (χ4n) is 7.18. The van der Waals surface area contributed by atoms with Gasteiger partial charge in [0.25, 0.3) is 0 Å². The van der Waals surface area contributed by atoms with Crippen LogP contribution in [-0.2, 0) is 9.47 Å². The molecule has 2 aromatic carbocycles. The SMILES string of the molecule is CC(C)(C)C(N)=CC(=Nc1cc(OCCOC2CCCCO2)ccc1Cl)NC(=O)NC1CC[C@@H](Oc2ccc3nnc(N4CCCCC4)n3c2)c2ccccc21. The Balaban J connectivity index is 1.04. The van der Waals surface area contributed by atoms with E-state index in [1.807, 2.05) is 61.7 Å². The first-order valence-electron chi connectivity index (χ1n) is 19.8. The van der Waals surface area contributed by atoms with Gasteiger partial charge in [-0.1, -0.05) is 56.6 Å². The number of nitrogens with two attached hydrogens (primary N) is 1. The van der Waals surface area contributed by atoms with Crippen LogP contribution in [-0.4, -0.2) is 65.7 Å². The summed E-state index contributed by atoms with van der Waals surface area (Å²) in [5.74, 6) is 2.39. The molecule has 14 heteroatoms. The minimum absolute atomic E-state index is 0.186. The maximum absolute atomic E-state index is 13.7. The van der Waals surface area contributed by atoms with Gasteiger partial charge in [0.15, 0.2) is 11.9 Å². The fourth-order valence-corrected chi connectivity index (χ4v) is 7.34. The van der Waals surface area contributed by atoms with E-state index < -0.39 is 6.03 Å². The molecule has 2 saturated heterocycles. The van der Waals surface area contributed by atoms with Gasteiger partial charge in [-0.25, -0.2) is 9.79 Å². The number of nitrogens with zero attached hydrogens (tertiary/aromatic N) is 5. The van der Waals surface area contributed by atoms with E-state index in [1.165, 1.54) is 6.42 Å². The van der Waals surface area contributed by atoms with Crippen molar-refractivity contribution < 1.29 is 23.7 Å². The third-order valence-corrected chi connectivity index (χ3v) is 10.7. The lowest BCUT2D eigenvalue weighted by atomic mass is 9.85. The summed E-state index contributed by atoms with van der Waals surface area (Å²) in [7, 11) is 0. The monoisotopic (exact) mass is 784 g/mol. The Hall–Kier alpha value is -4.85. The van der Waals surface area contributed by atoms with Gasteiger partial charge in [0.2, 0.25) is 5.95 Å². The molecule has 1 aliphatic carbocycles. The van der Waals surface area contributed by atoms with E-state index in [1.54, 1.807) is 24.3 Å². The molecule has 3 atom stereocenters. The molecule has 0 spiro atoms. The van der Waals surface area contributed by atoms with Crippen molar-refractivity contribution in [3.05, 3.63) is 88.7 Å². The van der Waals surface area contributed by atoms with Crippen LogP contribution < -0.4 is 30.7 Å². The lowest BCUT2D eigenvalue weighted by Gasteiger charge is -2.32. The Morgan fingerprint density at radius 1 is 0.982 bits per heavy atom. The van der Waals surface area contributed by atoms with Crippen molar-refractivity contribution in [1.29, 1.82) is 0 Å². The first-order chi connectivity index (χ1) is 27.1. The van der Waals surface area contributed by atoms with Crippen LogP contribution in [0, 0.1) is 5.41 Å². The Kier molecular flexibility index (Phi) is 12.6. The van der Waals surface area contributed by atoms with E-state index in [0.717, 1.165) is 80.3 Å². The van der Waals surface area contributed by atoms with Gasteiger partial charge in [-0.15, -0.1) is 10.2 Å². The number of amides is 2. The quantitative estimate of drug-likeness (QED) is 0.0778. The smallest absolute Gasteiger partial charge is 0.320 e. The molecule has 4 aromatic rings. The van der Waals surface area contributed by atoms with E-state index in [4.69, 9.17) is 41.3 Å². The lowest BCUT2D eigenvalue weighted by Crippen LogP contribution is -2.42. The summed E-state index contributed by atoms with van der Waals surface area (Å²) in [6.45, 7) is 9.37. The third-order valence-electron chi connectivity index (χ3n) is 10.4. The number of hydrogen-bond acceptors (Lipinski definition) is 10. The summed E-state index contributed by atoms with van der Waals surface area (Å²) < 4.78 is 26.0. The number of hydrogen-bond donors (Lipinski definition) is 3. The second kappa shape index (κ2) is 18.0. The molecule has 2 aromatic heterocycles. The molecule has 2 unspecified atom stereocenters. The Bertz CT molecular complexity index is 2030. The highest BCUT2D eigenvalue weighted by molar-refractivity contribution is 6.33. The molecule has 2 fully saturated rings. The Morgan fingerprint density at radius 3 is 2.57 bits per heavy atom. The van der Waals surface area contributed by atoms with Gasteiger partial charge in [-0.2, -0.15) is 0 Å². The highest BCUT2D eigenvalue weighted by atomic mass is 35.5. The van der Waals surface area contributed by atoms with E-state index in [2.05, 4.69) is 31.8 Å². The second-order valence-electron chi connectivity index (χ2n) is 15.6. The number of allylic oxidation sites excluding steroid dienone is 1. The molecule has 56 heavy (non-hydrogen) atoms. The van der Waals surface area contributed by atoms with Gasteiger partial charge in [0, 0.05) is 43.0 Å². The van der Waals surface area contributed by atoms with Crippen LogP contribution >= 0.6 is 11.6 Å². The Morgan fingerprint density at radius 2 is 1.79 bits per heavy atom. The maximum Gasteiger partial charge on any atom is 0.320 e. The number of nitrogens with one attached hydrogen (secondary N) is 2. The number of amidine groups is 1. The predicted octanol–water partition coefficient (Wildman–Crippen LogP) is 8.17. The number of carbonyl (C=O) groups is 1. The molecular formula is C42H53ClN8O5. The number of benzene rings is 2. The normalized spacial score (nSPS) is 20.7. The number of rotatable bonds is 11. The number of aromatic nitrogens is 3. The number of urea groups is 1. The highest BCUT2D eigenvalue weighted by Gasteiger charge is 2.30. The largest absolute Gasteiger partial charge is 0.491 e. The van der Waals surface area contributed by atoms with E-state index in [0.29, 0.717) is 48.2 Å². The standard InChI is InChI=1S/C42H53ClN8O5/c1-42(2,3)36(44)26-37(45-34-25-28(14-16-32(34)43)53-23-24-55-39-13-7-10-22-54-39)47-40(52)46-33-17-18-35(31-12-6-5-11-30(31)33)56-29-15-19-38-48-49-41(51(38)27-29)50-20-8-4-9-21-50/h5-6,11-12,14-16,19,25-27,33,35,39H,4,7-10,13,17-18,20-24,44H2,1-3H3,(H2,45,46,47,52)/t33?,35-,39?/m1/s1. The minimum Gasteiger partial charge on any atom is -0.491 e. The third kappa shape index (κ3) is 9.93. The van der Waals surface area contributed by atoms with Gasteiger partial charge < -0.3 is 34.9 Å². The molecule has 298 valence electrons. The summed E-state index contributed by atoms with van der Waals surface area (Å²) in [5, 5.41) is 15.4. The summed E-state index contributed by atoms with van der Waals surface area (Å²) in [5.41, 5.74) is 9.88. The maximum atomic E-state index is 13.7. The highest BCUT2D eigenvalue weighted by Crippen LogP contribution is 2.39. The van der Waals surface area contributed by atoms with Crippen molar-refractivity contribution in [2.45, 2.75) is 90.6 Å². The van der Waals surface area contributed by atoms with Crippen molar-refractivity contribution in [3.8, 4) is 11.5 Å². The number of aliphatic imine (C=N–C) groups is 1. The number of carbonyl (C=O) groups excluding carboxylic acids is 1. The zero-order chi connectivity index (χ0) is 39.1. The lowest BCUT2D eigenvalue weighted by molar-refractivity contribution is -0.165. The van der Waals surface area contributed by atoms with Gasteiger partial charge in [-0.3, -0.25) is 9.72 Å². The molecule has 2 amide bonds. The van der Waals surface area contributed by atoms with E-state index in [9.17, 15) is 4.79 Å². The molecule has 3 aliphatic rings. The molecule has 2 aliphatic heterocycles. The fraction of sp³-hybridized carbons (Fsp3) is 0.476. The molecule has 4 heterocycles. The molecule has 0 radical (unpaired) electrons. The average molecular weight is 785 g/mol. The van der Waals surface area contributed by atoms with Crippen LogP contribution in [0.1, 0.15) is 95.4 Å². The number of pyridine rings is 1. The van der Waals surface area contributed by atoms with Crippen molar-refractivity contribution in [1.82, 2.24) is 25.2 Å². The molecule has 7 rings (SSSR count). The minimum atomic E-state index is -0.421. The summed E-state index contributed by atoms with van der Waals surface area (Å²) >= 11 is 6.61. The first-order valence-corrected chi connectivity index (χ1v) is 20.1. The molecule has 0 saturated carbocycles. The summed E-state index contributed by atoms with van der Waals surface area (Å²) in [6.07, 6.45) is 11.2. The zero-order valence-corrected chi connectivity index (χ0v) is 33.3. The van der Waals surface area contributed by atoms with Crippen molar-refractivity contribution in [2.75, 3.05) is 37.8 Å². The van der Waals surface area contributed by atoms with Crippen molar-refractivity contribution in [3.63, 3.8) is 0 Å². The second-order valence-corrected chi connectivity index (χ2v) is 16.0. The van der Waals surface area contributed by atoms with Crippen molar-refractivity contribution in [2.24, 2.45) is 16.1 Å². The van der Waals surface area contributed by atoms with Crippen LogP contribution in [0.4, 0.5) is 16.4 Å². The number of anilines is 1. The van der Waals surface area contributed by atoms with E-state index in [-0.39, 0.29) is 29.7 Å². The number of fused-ring (bicyclic) bond motifs is 2. The van der Waals surface area contributed by atoms with Gasteiger partial charge in [0.1, 0.15) is 30.0 Å². The number of ether oxygens (including phenoxy) is 4. The molecular weight excluding hydrogens is 732 g/mol. The van der Waals surface area contributed by atoms with Crippen LogP contribution in [0.2, 0.25) is 5.02 Å². The summed E-state index contributed by atoms with van der Waals surface area (Å²) in [4.78, 5) is 20.8. The zero-order valence-electron chi connectivity index (χ0n) is 32.5. The van der Waals surface area contributed by atoms with Gasteiger partial charge in [0.05, 0.1) is 29.6 Å². The van der Waals surface area contributed by atoms with E-state index >= 15 is 0 Å². The van der Waals surface area contributed by atoms with Crippen LogP contribution in [0.15, 0.2) is 77.6 Å². The Labute approximate surface area is 333 Å². The van der Waals surface area contributed by atoms with Crippen LogP contribution in [0.25, 0.3) is 5.65 Å². The molecule has 0 bridgehead atoms. The van der Waals surface area contributed by atoms with Gasteiger partial charge >= 0.3 is 6.03 Å². The van der Waals surface area contributed by atoms with Crippen LogP contribution in [0.3, 0.4) is 0 Å². The molecule has 4 N–H and O–H groups in total. The predicted molar refractivity (Wildman–Crippen MR) is 218 cm³/mol. The van der Waals surface area contributed by atoms with Crippen molar-refractivity contribution >= 4 is 40.8 Å². The summed E-state index contributed by atoms with van der Waals surface area (Å²) in [6, 6.07) is 16.5. The average Bonchev–Trinajstić information content (AvgIpc) is 3.62.